The Hall–Kier alpha value is -1.61. The lowest BCUT2D eigenvalue weighted by Crippen LogP contribution is -2.00. The Morgan fingerprint density at radius 3 is 2.62 bits per heavy atom. The Bertz CT molecular complexity index is 541. The van der Waals surface area contributed by atoms with Gasteiger partial charge in [-0.25, -0.2) is 4.79 Å². The molecule has 0 aliphatic heterocycles. The van der Waals surface area contributed by atoms with E-state index < -0.39 is 5.97 Å². The number of benzene rings is 1. The first kappa shape index (κ1) is 10.9. The van der Waals surface area contributed by atoms with Crippen LogP contribution in [-0.4, -0.2) is 11.1 Å². The van der Waals surface area contributed by atoms with Crippen molar-refractivity contribution in [2.24, 2.45) is 0 Å². The predicted octanol–water partition coefficient (Wildman–Crippen LogP) is 3.73. The molecule has 0 spiro atoms. The molecule has 0 aliphatic rings. The van der Waals surface area contributed by atoms with E-state index in [4.69, 9.17) is 5.11 Å². The SMILES string of the molecule is Cc1csc(-c2cccc(C(=O)O)c2C)c1. The van der Waals surface area contributed by atoms with Gasteiger partial charge in [-0.15, -0.1) is 11.3 Å². The summed E-state index contributed by atoms with van der Waals surface area (Å²) >= 11 is 1.64. The predicted molar refractivity (Wildman–Crippen MR) is 66.2 cm³/mol. The number of carboxylic acids is 1. The van der Waals surface area contributed by atoms with Crippen LogP contribution in [0.15, 0.2) is 29.6 Å². The van der Waals surface area contributed by atoms with Crippen LogP contribution in [0.3, 0.4) is 0 Å². The summed E-state index contributed by atoms with van der Waals surface area (Å²) < 4.78 is 0. The number of aromatic carboxylic acids is 1. The van der Waals surface area contributed by atoms with E-state index in [2.05, 4.69) is 11.4 Å². The maximum atomic E-state index is 11.0. The van der Waals surface area contributed by atoms with Crippen molar-refractivity contribution >= 4 is 17.3 Å². The van der Waals surface area contributed by atoms with E-state index in [0.717, 1.165) is 16.0 Å². The molecule has 0 bridgehead atoms. The van der Waals surface area contributed by atoms with Gasteiger partial charge in [0.2, 0.25) is 0 Å². The second kappa shape index (κ2) is 4.10. The number of hydrogen-bond donors (Lipinski definition) is 1. The van der Waals surface area contributed by atoms with Crippen molar-refractivity contribution < 1.29 is 9.90 Å². The molecule has 0 radical (unpaired) electrons. The normalized spacial score (nSPS) is 10.4. The van der Waals surface area contributed by atoms with Crippen LogP contribution in [0.2, 0.25) is 0 Å². The Balaban J connectivity index is 2.58. The van der Waals surface area contributed by atoms with E-state index in [1.165, 1.54) is 5.56 Å². The third-order valence-electron chi connectivity index (χ3n) is 2.56. The third-order valence-corrected chi connectivity index (χ3v) is 3.64. The molecule has 0 aliphatic carbocycles. The highest BCUT2D eigenvalue weighted by Gasteiger charge is 2.11. The zero-order valence-corrected chi connectivity index (χ0v) is 9.97. The molecule has 2 aromatic rings. The maximum absolute atomic E-state index is 11.0. The molecule has 16 heavy (non-hydrogen) atoms. The molecule has 2 nitrogen and oxygen atoms in total. The van der Waals surface area contributed by atoms with Crippen molar-refractivity contribution in [3.63, 3.8) is 0 Å². The lowest BCUT2D eigenvalue weighted by atomic mass is 10.0. The van der Waals surface area contributed by atoms with Crippen LogP contribution >= 0.6 is 11.3 Å². The number of carbonyl (C=O) groups is 1. The first-order chi connectivity index (χ1) is 7.59. The monoisotopic (exact) mass is 232 g/mol. The van der Waals surface area contributed by atoms with Gasteiger partial charge in [0.25, 0.3) is 0 Å². The molecular weight excluding hydrogens is 220 g/mol. The lowest BCUT2D eigenvalue weighted by molar-refractivity contribution is 0.0696. The highest BCUT2D eigenvalue weighted by atomic mass is 32.1. The quantitative estimate of drug-likeness (QED) is 0.856. The van der Waals surface area contributed by atoms with Gasteiger partial charge >= 0.3 is 5.97 Å². The van der Waals surface area contributed by atoms with Gasteiger partial charge in [0.05, 0.1) is 5.56 Å². The van der Waals surface area contributed by atoms with Gasteiger partial charge in [-0.05, 0) is 48.1 Å². The van der Waals surface area contributed by atoms with Crippen molar-refractivity contribution in [3.8, 4) is 10.4 Å². The van der Waals surface area contributed by atoms with Gasteiger partial charge in [0, 0.05) is 4.88 Å². The molecule has 3 heteroatoms. The van der Waals surface area contributed by atoms with E-state index in [1.807, 2.05) is 19.9 Å². The van der Waals surface area contributed by atoms with Gasteiger partial charge in [-0.1, -0.05) is 12.1 Å². The molecular formula is C13H12O2S. The molecule has 0 fully saturated rings. The lowest BCUT2D eigenvalue weighted by Gasteiger charge is -2.06. The molecule has 0 unspecified atom stereocenters. The Labute approximate surface area is 98.2 Å². The largest absolute Gasteiger partial charge is 0.478 e. The molecule has 0 atom stereocenters. The van der Waals surface area contributed by atoms with Gasteiger partial charge in [-0.2, -0.15) is 0 Å². The van der Waals surface area contributed by atoms with Crippen LogP contribution in [0.4, 0.5) is 0 Å². The number of thiophene rings is 1. The molecule has 0 saturated heterocycles. The smallest absolute Gasteiger partial charge is 0.335 e. The highest BCUT2D eigenvalue weighted by Crippen LogP contribution is 2.30. The first-order valence-electron chi connectivity index (χ1n) is 4.98. The third kappa shape index (κ3) is 1.86. The maximum Gasteiger partial charge on any atom is 0.335 e. The molecule has 2 rings (SSSR count). The first-order valence-corrected chi connectivity index (χ1v) is 5.86. The minimum Gasteiger partial charge on any atom is -0.478 e. The van der Waals surface area contributed by atoms with Crippen molar-refractivity contribution in [3.05, 3.63) is 46.3 Å². The summed E-state index contributed by atoms with van der Waals surface area (Å²) in [5.74, 6) is -0.868. The minimum atomic E-state index is -0.868. The summed E-state index contributed by atoms with van der Waals surface area (Å²) in [6.07, 6.45) is 0. The average molecular weight is 232 g/mol. The van der Waals surface area contributed by atoms with Crippen LogP contribution < -0.4 is 0 Å². The van der Waals surface area contributed by atoms with E-state index in [-0.39, 0.29) is 0 Å². The Kier molecular flexibility index (Phi) is 2.79. The van der Waals surface area contributed by atoms with Gasteiger partial charge in [-0.3, -0.25) is 0 Å². The second-order valence-electron chi connectivity index (χ2n) is 3.77. The summed E-state index contributed by atoms with van der Waals surface area (Å²) in [4.78, 5) is 12.1. The summed E-state index contributed by atoms with van der Waals surface area (Å²) in [7, 11) is 0. The molecule has 1 aromatic heterocycles. The standard InChI is InChI=1S/C13H12O2S/c1-8-6-12(16-7-8)10-4-3-5-11(9(10)2)13(14)15/h3-7H,1-2H3,(H,14,15). The fourth-order valence-corrected chi connectivity index (χ4v) is 2.69. The summed E-state index contributed by atoms with van der Waals surface area (Å²) in [6, 6.07) is 7.48. The number of carboxylic acid groups (broad SMARTS) is 1. The summed E-state index contributed by atoms with van der Waals surface area (Å²) in [6.45, 7) is 3.89. The molecule has 0 saturated carbocycles. The van der Waals surface area contributed by atoms with E-state index in [0.29, 0.717) is 5.56 Å². The van der Waals surface area contributed by atoms with Crippen LogP contribution in [0.25, 0.3) is 10.4 Å². The molecule has 1 aromatic carbocycles. The fraction of sp³-hybridized carbons (Fsp3) is 0.154. The van der Waals surface area contributed by atoms with E-state index in [1.54, 1.807) is 23.5 Å². The minimum absolute atomic E-state index is 0.378. The average Bonchev–Trinajstić information content (AvgIpc) is 2.64. The van der Waals surface area contributed by atoms with Gasteiger partial charge in [0.15, 0.2) is 0 Å². The van der Waals surface area contributed by atoms with Crippen molar-refractivity contribution in [1.29, 1.82) is 0 Å². The number of hydrogen-bond acceptors (Lipinski definition) is 2. The number of rotatable bonds is 2. The molecule has 1 heterocycles. The molecule has 82 valence electrons. The van der Waals surface area contributed by atoms with Crippen molar-refractivity contribution in [2.45, 2.75) is 13.8 Å². The Morgan fingerprint density at radius 1 is 1.31 bits per heavy atom. The summed E-state index contributed by atoms with van der Waals surface area (Å²) in [5.41, 5.74) is 3.43. The van der Waals surface area contributed by atoms with Crippen molar-refractivity contribution in [2.75, 3.05) is 0 Å². The van der Waals surface area contributed by atoms with Crippen LogP contribution in [-0.2, 0) is 0 Å². The van der Waals surface area contributed by atoms with Gasteiger partial charge < -0.3 is 5.11 Å². The van der Waals surface area contributed by atoms with E-state index >= 15 is 0 Å². The van der Waals surface area contributed by atoms with Crippen molar-refractivity contribution in [1.82, 2.24) is 0 Å². The summed E-state index contributed by atoms with van der Waals surface area (Å²) in [5, 5.41) is 11.1. The van der Waals surface area contributed by atoms with Gasteiger partial charge in [0.1, 0.15) is 0 Å². The number of aryl methyl sites for hydroxylation is 1. The topological polar surface area (TPSA) is 37.3 Å². The zero-order chi connectivity index (χ0) is 11.7. The Morgan fingerprint density at radius 2 is 2.06 bits per heavy atom. The highest BCUT2D eigenvalue weighted by molar-refractivity contribution is 7.13. The van der Waals surface area contributed by atoms with E-state index in [9.17, 15) is 4.79 Å². The fourth-order valence-electron chi connectivity index (χ4n) is 1.71. The molecule has 0 amide bonds. The molecule has 1 N–H and O–H groups in total. The second-order valence-corrected chi connectivity index (χ2v) is 4.68. The zero-order valence-electron chi connectivity index (χ0n) is 9.15. The van der Waals surface area contributed by atoms with Crippen LogP contribution in [0.5, 0.6) is 0 Å². The van der Waals surface area contributed by atoms with Crippen LogP contribution in [0, 0.1) is 13.8 Å². The van der Waals surface area contributed by atoms with Crippen LogP contribution in [0.1, 0.15) is 21.5 Å².